The fourth-order valence-corrected chi connectivity index (χ4v) is 2.86. The molecule has 1 aliphatic rings. The van der Waals surface area contributed by atoms with Crippen molar-refractivity contribution in [2.75, 3.05) is 6.61 Å². The minimum atomic E-state index is -0.700. The van der Waals surface area contributed by atoms with Gasteiger partial charge in [0.15, 0.2) is 6.61 Å². The molecule has 3 rings (SSSR count). The summed E-state index contributed by atoms with van der Waals surface area (Å²) >= 11 is 0. The molecule has 0 fully saturated rings. The summed E-state index contributed by atoms with van der Waals surface area (Å²) in [5, 5.41) is 6.58. The van der Waals surface area contributed by atoms with Crippen LogP contribution in [0.1, 0.15) is 30.0 Å². The third-order valence-electron chi connectivity index (χ3n) is 4.29. The topological polar surface area (TPSA) is 96.9 Å². The highest BCUT2D eigenvalue weighted by molar-refractivity contribution is 6.37. The van der Waals surface area contributed by atoms with Gasteiger partial charge in [-0.05, 0) is 17.5 Å². The van der Waals surface area contributed by atoms with Crippen molar-refractivity contribution < 1.29 is 19.1 Å². The number of rotatable bonds is 7. The summed E-state index contributed by atoms with van der Waals surface area (Å²) in [6.45, 7) is -0.413. The summed E-state index contributed by atoms with van der Waals surface area (Å²) in [4.78, 5) is 35.4. The van der Waals surface area contributed by atoms with Crippen LogP contribution in [0.4, 0.5) is 0 Å². The summed E-state index contributed by atoms with van der Waals surface area (Å²) in [6.07, 6.45) is 0.990. The van der Waals surface area contributed by atoms with Crippen LogP contribution in [0.5, 0.6) is 0 Å². The van der Waals surface area contributed by atoms with Gasteiger partial charge in [-0.1, -0.05) is 60.7 Å². The van der Waals surface area contributed by atoms with Crippen LogP contribution in [0.2, 0.25) is 0 Å². The third kappa shape index (κ3) is 5.51. The highest BCUT2D eigenvalue weighted by atomic mass is 16.5. The number of hydrogen-bond donors (Lipinski definition) is 2. The zero-order valence-corrected chi connectivity index (χ0v) is 15.3. The van der Waals surface area contributed by atoms with Crippen molar-refractivity contribution in [2.45, 2.75) is 25.3 Å². The van der Waals surface area contributed by atoms with Gasteiger partial charge in [-0.2, -0.15) is 5.10 Å². The lowest BCUT2D eigenvalue weighted by atomic mass is 9.99. The number of amides is 2. The molecule has 2 N–H and O–H groups in total. The third-order valence-corrected chi connectivity index (χ3v) is 4.29. The van der Waals surface area contributed by atoms with E-state index in [0.717, 1.165) is 11.1 Å². The zero-order chi connectivity index (χ0) is 19.8. The van der Waals surface area contributed by atoms with E-state index in [2.05, 4.69) is 15.8 Å². The lowest BCUT2D eigenvalue weighted by molar-refractivity contribution is -0.142. The van der Waals surface area contributed by atoms with Crippen molar-refractivity contribution in [1.82, 2.24) is 10.7 Å². The standard InChI is InChI=1S/C21H21N3O4/c25-19-12-11-17(23-24-19)21(27)28-14-20(26)22-18(16-9-5-2-6-10-16)13-15-7-3-1-4-8-15/h1-10,18H,11-14H2,(H,22,26)(H,24,25)/t18-/m1/s1. The molecule has 0 radical (unpaired) electrons. The Morgan fingerprint density at radius 1 is 1.04 bits per heavy atom. The maximum Gasteiger partial charge on any atom is 0.355 e. The number of nitrogens with one attached hydrogen (secondary N) is 2. The average molecular weight is 379 g/mol. The molecule has 2 aromatic rings. The number of nitrogens with zero attached hydrogens (tertiary/aromatic N) is 1. The number of esters is 1. The Kier molecular flexibility index (Phi) is 6.51. The Labute approximate surface area is 162 Å². The van der Waals surface area contributed by atoms with Gasteiger partial charge in [-0.15, -0.1) is 0 Å². The number of carbonyl (C=O) groups excluding carboxylic acids is 3. The second kappa shape index (κ2) is 9.45. The molecular formula is C21H21N3O4. The lowest BCUT2D eigenvalue weighted by Gasteiger charge is -2.20. The predicted molar refractivity (Wildman–Crippen MR) is 103 cm³/mol. The molecule has 0 spiro atoms. The lowest BCUT2D eigenvalue weighted by Crippen LogP contribution is -2.36. The molecule has 0 aromatic heterocycles. The van der Waals surface area contributed by atoms with Crippen LogP contribution in [0.15, 0.2) is 65.8 Å². The van der Waals surface area contributed by atoms with Gasteiger partial charge in [0.05, 0.1) is 6.04 Å². The van der Waals surface area contributed by atoms with Crippen LogP contribution < -0.4 is 10.7 Å². The molecular weight excluding hydrogens is 358 g/mol. The van der Waals surface area contributed by atoms with E-state index >= 15 is 0 Å². The number of ether oxygens (including phenoxy) is 1. The molecule has 7 heteroatoms. The van der Waals surface area contributed by atoms with E-state index < -0.39 is 18.5 Å². The van der Waals surface area contributed by atoms with Crippen LogP contribution >= 0.6 is 0 Å². The first-order valence-corrected chi connectivity index (χ1v) is 9.02. The molecule has 7 nitrogen and oxygen atoms in total. The van der Waals surface area contributed by atoms with E-state index in [1.807, 2.05) is 60.7 Å². The van der Waals surface area contributed by atoms with Gasteiger partial charge >= 0.3 is 5.97 Å². The minimum absolute atomic E-state index is 0.108. The molecule has 0 unspecified atom stereocenters. The molecule has 1 aliphatic heterocycles. The molecule has 0 saturated carbocycles. The molecule has 0 saturated heterocycles. The Morgan fingerprint density at radius 3 is 2.36 bits per heavy atom. The maximum absolute atomic E-state index is 12.4. The minimum Gasteiger partial charge on any atom is -0.451 e. The van der Waals surface area contributed by atoms with E-state index in [1.54, 1.807) is 0 Å². The maximum atomic E-state index is 12.4. The molecule has 0 bridgehead atoms. The quantitative estimate of drug-likeness (QED) is 0.718. The van der Waals surface area contributed by atoms with Crippen molar-refractivity contribution in [3.63, 3.8) is 0 Å². The van der Waals surface area contributed by atoms with Gasteiger partial charge in [0, 0.05) is 12.8 Å². The molecule has 1 heterocycles. The van der Waals surface area contributed by atoms with Crippen molar-refractivity contribution in [3.8, 4) is 0 Å². The normalized spacial score (nSPS) is 14.4. The molecule has 28 heavy (non-hydrogen) atoms. The van der Waals surface area contributed by atoms with Crippen molar-refractivity contribution >= 4 is 23.5 Å². The second-order valence-corrected chi connectivity index (χ2v) is 6.39. The molecule has 0 aliphatic carbocycles. The zero-order valence-electron chi connectivity index (χ0n) is 15.3. The Bertz CT molecular complexity index is 866. The Morgan fingerprint density at radius 2 is 1.71 bits per heavy atom. The van der Waals surface area contributed by atoms with E-state index in [9.17, 15) is 14.4 Å². The SMILES string of the molecule is O=C1CCC(C(=O)OCC(=O)N[C@H](Cc2ccccc2)c2ccccc2)=NN1. The first kappa shape index (κ1) is 19.3. The fourth-order valence-electron chi connectivity index (χ4n) is 2.86. The van der Waals surface area contributed by atoms with Crippen LogP contribution in [-0.4, -0.2) is 30.1 Å². The molecule has 1 atom stereocenters. The summed E-state index contributed by atoms with van der Waals surface area (Å²) in [7, 11) is 0. The van der Waals surface area contributed by atoms with Crippen LogP contribution in [0, 0.1) is 0 Å². The number of benzene rings is 2. The highest BCUT2D eigenvalue weighted by Crippen LogP contribution is 2.18. The summed E-state index contributed by atoms with van der Waals surface area (Å²) in [6, 6.07) is 19.2. The fraction of sp³-hybridized carbons (Fsp3) is 0.238. The van der Waals surface area contributed by atoms with Gasteiger partial charge in [-0.3, -0.25) is 9.59 Å². The molecule has 144 valence electrons. The molecule has 2 aromatic carbocycles. The summed E-state index contributed by atoms with van der Waals surface area (Å²) in [5.41, 5.74) is 4.38. The first-order valence-electron chi connectivity index (χ1n) is 9.02. The van der Waals surface area contributed by atoms with Gasteiger partial charge in [0.2, 0.25) is 5.91 Å². The monoisotopic (exact) mass is 379 g/mol. The number of hydrogen-bond acceptors (Lipinski definition) is 5. The van der Waals surface area contributed by atoms with E-state index in [4.69, 9.17) is 4.74 Å². The van der Waals surface area contributed by atoms with Gasteiger partial charge in [-0.25, -0.2) is 10.2 Å². The molecule has 2 amide bonds. The average Bonchev–Trinajstić information content (AvgIpc) is 2.73. The summed E-state index contributed by atoms with van der Waals surface area (Å²) < 4.78 is 5.03. The second-order valence-electron chi connectivity index (χ2n) is 6.39. The van der Waals surface area contributed by atoms with Crippen LogP contribution in [0.3, 0.4) is 0 Å². The Hall–Kier alpha value is -3.48. The van der Waals surface area contributed by atoms with Crippen molar-refractivity contribution in [2.24, 2.45) is 5.10 Å². The van der Waals surface area contributed by atoms with Crippen molar-refractivity contribution in [3.05, 3.63) is 71.8 Å². The van der Waals surface area contributed by atoms with Gasteiger partial charge in [0.1, 0.15) is 5.71 Å². The predicted octanol–water partition coefficient (Wildman–Crippen LogP) is 1.90. The first-order chi connectivity index (χ1) is 13.6. The van der Waals surface area contributed by atoms with Gasteiger partial charge in [0.25, 0.3) is 5.91 Å². The van der Waals surface area contributed by atoms with Crippen LogP contribution in [-0.2, 0) is 25.5 Å². The number of hydrazone groups is 1. The Balaban J connectivity index is 1.59. The van der Waals surface area contributed by atoms with Gasteiger partial charge < -0.3 is 10.1 Å². The smallest absolute Gasteiger partial charge is 0.355 e. The summed E-state index contributed by atoms with van der Waals surface area (Å²) in [5.74, 6) is -1.35. The van der Waals surface area contributed by atoms with E-state index in [0.29, 0.717) is 6.42 Å². The highest BCUT2D eigenvalue weighted by Gasteiger charge is 2.21. The van der Waals surface area contributed by atoms with E-state index in [-0.39, 0.29) is 30.5 Å². The van der Waals surface area contributed by atoms with Crippen molar-refractivity contribution in [1.29, 1.82) is 0 Å². The van der Waals surface area contributed by atoms with Crippen LogP contribution in [0.25, 0.3) is 0 Å². The largest absolute Gasteiger partial charge is 0.451 e. The van der Waals surface area contributed by atoms with E-state index in [1.165, 1.54) is 0 Å². The number of carbonyl (C=O) groups is 3.